The molecule has 2 aromatic heterocycles. The molecule has 3 heterocycles. The van der Waals surface area contributed by atoms with E-state index in [0.29, 0.717) is 12.3 Å². The number of nitriles is 1. The monoisotopic (exact) mass is 401 g/mol. The largest absolute Gasteiger partial charge is 0.494 e. The van der Waals surface area contributed by atoms with E-state index in [1.54, 1.807) is 12.3 Å². The lowest BCUT2D eigenvalue weighted by Crippen LogP contribution is -2.37. The molecule has 3 aromatic rings. The van der Waals surface area contributed by atoms with Crippen LogP contribution in [0.3, 0.4) is 0 Å². The van der Waals surface area contributed by atoms with Crippen molar-refractivity contribution in [1.82, 2.24) is 20.1 Å². The third-order valence-corrected chi connectivity index (χ3v) is 5.73. The second kappa shape index (κ2) is 8.27. The van der Waals surface area contributed by atoms with Crippen LogP contribution in [0.5, 0.6) is 5.75 Å². The number of nitrogens with one attached hydrogen (secondary N) is 1. The molecule has 0 saturated carbocycles. The molecule has 30 heavy (non-hydrogen) atoms. The molecule has 0 atom stereocenters. The van der Waals surface area contributed by atoms with Crippen molar-refractivity contribution in [2.24, 2.45) is 0 Å². The SMILES string of the molecule is N#Cc1ccc(-c2n[nH]c3c2Cc2ccc(OCCCN4CCOCC4)cc2-3)cn1. The summed E-state index contributed by atoms with van der Waals surface area (Å²) < 4.78 is 11.4. The van der Waals surface area contributed by atoms with Crippen molar-refractivity contribution in [2.75, 3.05) is 39.5 Å². The van der Waals surface area contributed by atoms with E-state index in [0.717, 1.165) is 74.0 Å². The highest BCUT2D eigenvalue weighted by molar-refractivity contribution is 5.81. The summed E-state index contributed by atoms with van der Waals surface area (Å²) in [6.45, 7) is 5.43. The van der Waals surface area contributed by atoms with Crippen molar-refractivity contribution < 1.29 is 9.47 Å². The molecule has 0 unspecified atom stereocenters. The molecule has 1 aromatic carbocycles. The third kappa shape index (κ3) is 3.67. The Bertz CT molecular complexity index is 1080. The molecule has 5 rings (SSSR count). The predicted octanol–water partition coefficient (Wildman–Crippen LogP) is 3.02. The maximum Gasteiger partial charge on any atom is 0.140 e. The number of H-pyrrole nitrogens is 1. The summed E-state index contributed by atoms with van der Waals surface area (Å²) in [6, 6.07) is 12.0. The maximum absolute atomic E-state index is 8.95. The van der Waals surface area contributed by atoms with Gasteiger partial charge in [-0.15, -0.1) is 0 Å². The van der Waals surface area contributed by atoms with E-state index in [4.69, 9.17) is 14.7 Å². The zero-order valence-corrected chi connectivity index (χ0v) is 16.7. The van der Waals surface area contributed by atoms with Gasteiger partial charge in [0, 0.05) is 48.9 Å². The molecule has 0 bridgehead atoms. The van der Waals surface area contributed by atoms with E-state index in [1.807, 2.05) is 6.07 Å². The molecule has 0 amide bonds. The van der Waals surface area contributed by atoms with Gasteiger partial charge < -0.3 is 9.47 Å². The van der Waals surface area contributed by atoms with E-state index < -0.39 is 0 Å². The van der Waals surface area contributed by atoms with Gasteiger partial charge in [0.05, 0.1) is 31.2 Å². The lowest BCUT2D eigenvalue weighted by molar-refractivity contribution is 0.0358. The summed E-state index contributed by atoms with van der Waals surface area (Å²) in [5, 5.41) is 16.7. The average Bonchev–Trinajstić information content (AvgIpc) is 3.37. The number of pyridine rings is 1. The van der Waals surface area contributed by atoms with Gasteiger partial charge in [-0.3, -0.25) is 10.00 Å². The minimum absolute atomic E-state index is 0.407. The van der Waals surface area contributed by atoms with Gasteiger partial charge in [-0.05, 0) is 36.2 Å². The number of morpholine rings is 1. The molecule has 1 aliphatic heterocycles. The van der Waals surface area contributed by atoms with Gasteiger partial charge in [0.1, 0.15) is 17.5 Å². The van der Waals surface area contributed by atoms with Crippen LogP contribution < -0.4 is 4.74 Å². The number of aromatic nitrogens is 3. The van der Waals surface area contributed by atoms with Crippen LogP contribution in [0.2, 0.25) is 0 Å². The summed E-state index contributed by atoms with van der Waals surface area (Å²) in [7, 11) is 0. The maximum atomic E-state index is 8.95. The van der Waals surface area contributed by atoms with E-state index in [9.17, 15) is 0 Å². The fourth-order valence-electron chi connectivity index (χ4n) is 4.12. The van der Waals surface area contributed by atoms with Gasteiger partial charge in [-0.2, -0.15) is 10.4 Å². The van der Waals surface area contributed by atoms with Gasteiger partial charge in [0.2, 0.25) is 0 Å². The molecule has 152 valence electrons. The topological polar surface area (TPSA) is 87.1 Å². The molecule has 1 N–H and O–H groups in total. The Hall–Kier alpha value is -3.21. The van der Waals surface area contributed by atoms with E-state index in [1.165, 1.54) is 11.1 Å². The molecular formula is C23H23N5O2. The lowest BCUT2D eigenvalue weighted by atomic mass is 10.1. The molecular weight excluding hydrogens is 378 g/mol. The van der Waals surface area contributed by atoms with Crippen LogP contribution in [0.15, 0.2) is 36.5 Å². The van der Waals surface area contributed by atoms with E-state index >= 15 is 0 Å². The average molecular weight is 401 g/mol. The number of aromatic amines is 1. The van der Waals surface area contributed by atoms with Gasteiger partial charge in [0.15, 0.2) is 0 Å². The summed E-state index contributed by atoms with van der Waals surface area (Å²) in [5.41, 5.74) is 6.84. The Balaban J connectivity index is 1.26. The zero-order valence-electron chi connectivity index (χ0n) is 16.7. The van der Waals surface area contributed by atoms with Crippen molar-refractivity contribution >= 4 is 0 Å². The predicted molar refractivity (Wildman–Crippen MR) is 112 cm³/mol. The van der Waals surface area contributed by atoms with Crippen LogP contribution >= 0.6 is 0 Å². The Morgan fingerprint density at radius 2 is 2.10 bits per heavy atom. The van der Waals surface area contributed by atoms with Crippen LogP contribution in [0.25, 0.3) is 22.5 Å². The molecule has 1 fully saturated rings. The molecule has 7 heteroatoms. The van der Waals surface area contributed by atoms with Crippen LogP contribution in [0, 0.1) is 11.3 Å². The number of rotatable bonds is 6. The van der Waals surface area contributed by atoms with Gasteiger partial charge >= 0.3 is 0 Å². The Morgan fingerprint density at radius 1 is 1.20 bits per heavy atom. The van der Waals surface area contributed by atoms with Crippen molar-refractivity contribution in [3.8, 4) is 34.3 Å². The van der Waals surface area contributed by atoms with Gasteiger partial charge in [-0.1, -0.05) is 6.07 Å². The normalized spacial score (nSPS) is 15.4. The zero-order chi connectivity index (χ0) is 20.3. The molecule has 0 spiro atoms. The van der Waals surface area contributed by atoms with Crippen LogP contribution in [-0.4, -0.2) is 59.5 Å². The first-order valence-electron chi connectivity index (χ1n) is 10.3. The van der Waals surface area contributed by atoms with Crippen molar-refractivity contribution in [3.63, 3.8) is 0 Å². The molecule has 7 nitrogen and oxygen atoms in total. The molecule has 0 radical (unpaired) electrons. The number of fused-ring (bicyclic) bond motifs is 3. The summed E-state index contributed by atoms with van der Waals surface area (Å²) >= 11 is 0. The summed E-state index contributed by atoms with van der Waals surface area (Å²) in [4.78, 5) is 6.59. The number of hydrogen-bond donors (Lipinski definition) is 1. The highest BCUT2D eigenvalue weighted by Gasteiger charge is 2.25. The highest BCUT2D eigenvalue weighted by Crippen LogP contribution is 2.41. The first kappa shape index (κ1) is 18.8. The third-order valence-electron chi connectivity index (χ3n) is 5.73. The first-order chi connectivity index (χ1) is 14.8. The molecule has 1 saturated heterocycles. The Morgan fingerprint density at radius 3 is 2.90 bits per heavy atom. The van der Waals surface area contributed by atoms with Crippen LogP contribution in [-0.2, 0) is 11.2 Å². The fraction of sp³-hybridized carbons (Fsp3) is 0.348. The van der Waals surface area contributed by atoms with Crippen molar-refractivity contribution in [1.29, 1.82) is 5.26 Å². The second-order valence-electron chi connectivity index (χ2n) is 7.62. The minimum atomic E-state index is 0.407. The minimum Gasteiger partial charge on any atom is -0.494 e. The van der Waals surface area contributed by atoms with Crippen LogP contribution in [0.1, 0.15) is 23.2 Å². The Kier molecular flexibility index (Phi) is 5.18. The number of ether oxygens (including phenoxy) is 2. The highest BCUT2D eigenvalue weighted by atomic mass is 16.5. The number of nitrogens with zero attached hydrogens (tertiary/aromatic N) is 4. The van der Waals surface area contributed by atoms with E-state index in [-0.39, 0.29) is 0 Å². The van der Waals surface area contributed by atoms with Crippen molar-refractivity contribution in [3.05, 3.63) is 53.3 Å². The van der Waals surface area contributed by atoms with E-state index in [2.05, 4.69) is 44.3 Å². The van der Waals surface area contributed by atoms with Gasteiger partial charge in [-0.25, -0.2) is 4.98 Å². The standard InChI is InChI=1S/C23H23N5O2/c24-14-18-4-2-17(15-25-18)22-21-12-16-3-5-19(13-20(16)23(21)27-26-22)30-9-1-6-28-7-10-29-11-8-28/h2-5,13,15H,1,6-12H2,(H,26,27). The van der Waals surface area contributed by atoms with Crippen molar-refractivity contribution in [2.45, 2.75) is 12.8 Å². The lowest BCUT2D eigenvalue weighted by Gasteiger charge is -2.26. The fourth-order valence-corrected chi connectivity index (χ4v) is 4.12. The van der Waals surface area contributed by atoms with Crippen LogP contribution in [0.4, 0.5) is 0 Å². The second-order valence-corrected chi connectivity index (χ2v) is 7.62. The summed E-state index contributed by atoms with van der Waals surface area (Å²) in [6.07, 6.45) is 3.54. The molecule has 1 aliphatic carbocycles. The smallest absolute Gasteiger partial charge is 0.140 e. The van der Waals surface area contributed by atoms with Gasteiger partial charge in [0.25, 0.3) is 0 Å². The molecule has 2 aliphatic rings. The number of benzene rings is 1. The number of hydrogen-bond acceptors (Lipinski definition) is 6. The summed E-state index contributed by atoms with van der Waals surface area (Å²) in [5.74, 6) is 0.889. The first-order valence-corrected chi connectivity index (χ1v) is 10.3. The quantitative estimate of drug-likeness (QED) is 0.500. The Labute approximate surface area is 175 Å².